The summed E-state index contributed by atoms with van der Waals surface area (Å²) in [6, 6.07) is 0.598. The van der Waals surface area contributed by atoms with Crippen LogP contribution >= 0.6 is 24.0 Å². The van der Waals surface area contributed by atoms with Crippen LogP contribution in [0.2, 0.25) is 0 Å². The summed E-state index contributed by atoms with van der Waals surface area (Å²) in [5, 5.41) is 6.85. The first-order chi connectivity index (χ1) is 11.7. The van der Waals surface area contributed by atoms with Gasteiger partial charge in [0.2, 0.25) is 5.91 Å². The second-order valence-corrected chi connectivity index (χ2v) is 7.61. The third-order valence-corrected chi connectivity index (χ3v) is 5.76. The smallest absolute Gasteiger partial charge is 0.225 e. The highest BCUT2D eigenvalue weighted by Gasteiger charge is 2.33. The minimum Gasteiger partial charge on any atom is -0.355 e. The van der Waals surface area contributed by atoms with Crippen molar-refractivity contribution < 1.29 is 4.79 Å². The van der Waals surface area contributed by atoms with Crippen LogP contribution in [-0.4, -0.2) is 74.0 Å². The average molecular weight is 463 g/mol. The maximum atomic E-state index is 12.5. The molecule has 2 saturated carbocycles. The van der Waals surface area contributed by atoms with Crippen LogP contribution in [0.5, 0.6) is 0 Å². The van der Waals surface area contributed by atoms with E-state index in [9.17, 15) is 4.79 Å². The van der Waals surface area contributed by atoms with Gasteiger partial charge in [-0.15, -0.1) is 24.0 Å². The second kappa shape index (κ2) is 9.94. The highest BCUT2D eigenvalue weighted by atomic mass is 127. The van der Waals surface area contributed by atoms with Gasteiger partial charge in [-0.05, 0) is 25.2 Å². The van der Waals surface area contributed by atoms with Crippen LogP contribution in [0.15, 0.2) is 4.99 Å². The Morgan fingerprint density at radius 1 is 1.16 bits per heavy atom. The second-order valence-electron chi connectivity index (χ2n) is 7.61. The largest absolute Gasteiger partial charge is 0.355 e. The van der Waals surface area contributed by atoms with E-state index in [2.05, 4.69) is 32.3 Å². The maximum Gasteiger partial charge on any atom is 0.225 e. The fourth-order valence-corrected chi connectivity index (χ4v) is 3.85. The number of piperazine rings is 1. The number of amides is 1. The van der Waals surface area contributed by atoms with Crippen LogP contribution in [0.1, 0.15) is 39.0 Å². The number of nitrogens with one attached hydrogen (secondary N) is 2. The summed E-state index contributed by atoms with van der Waals surface area (Å²) in [5.41, 5.74) is 0. The summed E-state index contributed by atoms with van der Waals surface area (Å²) in [7, 11) is 1.83. The van der Waals surface area contributed by atoms with E-state index in [1.165, 1.54) is 19.3 Å². The Labute approximate surface area is 169 Å². The minimum atomic E-state index is 0. The Balaban J connectivity index is 0.00000225. The standard InChI is InChI=1S/C18H33N5O.HI/c1-14-13-16(14)21-18(19-2)20-7-8-22-9-11-23(12-10-22)17(24)15-5-3-4-6-15;/h14-16H,3-13H2,1-2H3,(H2,19,20,21);1H. The molecule has 3 fully saturated rings. The van der Waals surface area contributed by atoms with Gasteiger partial charge in [0.05, 0.1) is 0 Å². The summed E-state index contributed by atoms with van der Waals surface area (Å²) < 4.78 is 0. The summed E-state index contributed by atoms with van der Waals surface area (Å²) in [6.45, 7) is 7.93. The molecule has 2 aliphatic carbocycles. The van der Waals surface area contributed by atoms with E-state index in [0.717, 1.165) is 64.0 Å². The number of carbonyl (C=O) groups is 1. The molecule has 3 aliphatic rings. The quantitative estimate of drug-likeness (QED) is 0.369. The van der Waals surface area contributed by atoms with E-state index in [1.807, 2.05) is 7.05 Å². The zero-order valence-corrected chi connectivity index (χ0v) is 18.0. The molecule has 0 aromatic heterocycles. The molecule has 6 nitrogen and oxygen atoms in total. The molecule has 1 amide bonds. The third-order valence-electron chi connectivity index (χ3n) is 5.76. The number of rotatable bonds is 5. The van der Waals surface area contributed by atoms with Gasteiger partial charge in [0.1, 0.15) is 0 Å². The first-order valence-corrected chi connectivity index (χ1v) is 9.65. The molecule has 2 unspecified atom stereocenters. The highest BCUT2D eigenvalue weighted by Crippen LogP contribution is 2.28. The molecule has 1 aliphatic heterocycles. The van der Waals surface area contributed by atoms with Crippen LogP contribution in [-0.2, 0) is 4.79 Å². The Bertz CT molecular complexity index is 458. The van der Waals surface area contributed by atoms with Crippen molar-refractivity contribution >= 4 is 35.8 Å². The lowest BCUT2D eigenvalue weighted by Gasteiger charge is -2.36. The number of hydrogen-bond donors (Lipinski definition) is 2. The van der Waals surface area contributed by atoms with Crippen LogP contribution in [0.3, 0.4) is 0 Å². The molecule has 1 heterocycles. The zero-order valence-electron chi connectivity index (χ0n) is 15.7. The SMILES string of the molecule is CN=C(NCCN1CCN(C(=O)C2CCCC2)CC1)NC1CC1C.I. The maximum absolute atomic E-state index is 12.5. The molecule has 2 N–H and O–H groups in total. The summed E-state index contributed by atoms with van der Waals surface area (Å²) in [6.07, 6.45) is 5.93. The number of guanidine groups is 1. The van der Waals surface area contributed by atoms with E-state index in [-0.39, 0.29) is 24.0 Å². The molecule has 25 heavy (non-hydrogen) atoms. The Morgan fingerprint density at radius 2 is 1.80 bits per heavy atom. The van der Waals surface area contributed by atoms with Gasteiger partial charge in [0, 0.05) is 58.3 Å². The Kier molecular flexibility index (Phi) is 8.25. The van der Waals surface area contributed by atoms with Crippen molar-refractivity contribution in [3.8, 4) is 0 Å². The van der Waals surface area contributed by atoms with Gasteiger partial charge in [-0.2, -0.15) is 0 Å². The average Bonchev–Trinajstić information content (AvgIpc) is 3.06. The van der Waals surface area contributed by atoms with Crippen molar-refractivity contribution in [1.82, 2.24) is 20.4 Å². The topological polar surface area (TPSA) is 60.0 Å². The van der Waals surface area contributed by atoms with E-state index in [4.69, 9.17) is 0 Å². The highest BCUT2D eigenvalue weighted by molar-refractivity contribution is 14.0. The summed E-state index contributed by atoms with van der Waals surface area (Å²) >= 11 is 0. The van der Waals surface area contributed by atoms with Gasteiger partial charge in [-0.1, -0.05) is 19.8 Å². The van der Waals surface area contributed by atoms with E-state index in [1.54, 1.807) is 0 Å². The number of carbonyl (C=O) groups excluding carboxylic acids is 1. The molecule has 2 atom stereocenters. The van der Waals surface area contributed by atoms with Crippen molar-refractivity contribution in [2.75, 3.05) is 46.3 Å². The first kappa shape index (κ1) is 20.7. The molecular weight excluding hydrogens is 429 g/mol. The first-order valence-electron chi connectivity index (χ1n) is 9.65. The molecular formula is C18H34IN5O. The van der Waals surface area contributed by atoms with Crippen LogP contribution < -0.4 is 10.6 Å². The number of halogens is 1. The third kappa shape index (κ3) is 5.98. The van der Waals surface area contributed by atoms with Crippen molar-refractivity contribution in [3.05, 3.63) is 0 Å². The van der Waals surface area contributed by atoms with Crippen LogP contribution in [0, 0.1) is 11.8 Å². The predicted molar refractivity (Wildman–Crippen MR) is 112 cm³/mol. The Hall–Kier alpha value is -0.570. The molecule has 7 heteroatoms. The molecule has 3 rings (SSSR count). The van der Waals surface area contributed by atoms with Gasteiger partial charge < -0.3 is 15.5 Å². The molecule has 0 aromatic rings. The van der Waals surface area contributed by atoms with E-state index in [0.29, 0.717) is 17.9 Å². The number of nitrogens with zero attached hydrogens (tertiary/aromatic N) is 3. The summed E-state index contributed by atoms with van der Waals surface area (Å²) in [4.78, 5) is 21.3. The van der Waals surface area contributed by atoms with Crippen LogP contribution in [0.25, 0.3) is 0 Å². The van der Waals surface area contributed by atoms with Crippen molar-refractivity contribution in [2.24, 2.45) is 16.8 Å². The summed E-state index contributed by atoms with van der Waals surface area (Å²) in [5.74, 6) is 2.42. The lowest BCUT2D eigenvalue weighted by molar-refractivity contribution is -0.137. The van der Waals surface area contributed by atoms with Gasteiger partial charge in [-0.3, -0.25) is 14.7 Å². The molecule has 1 saturated heterocycles. The lowest BCUT2D eigenvalue weighted by atomic mass is 10.1. The molecule has 0 spiro atoms. The van der Waals surface area contributed by atoms with E-state index >= 15 is 0 Å². The van der Waals surface area contributed by atoms with Crippen molar-refractivity contribution in [3.63, 3.8) is 0 Å². The normalized spacial score (nSPS) is 27.8. The number of hydrogen-bond acceptors (Lipinski definition) is 3. The van der Waals surface area contributed by atoms with Crippen molar-refractivity contribution in [2.45, 2.75) is 45.1 Å². The predicted octanol–water partition coefficient (Wildman–Crippen LogP) is 1.51. The fourth-order valence-electron chi connectivity index (χ4n) is 3.85. The minimum absolute atomic E-state index is 0. The zero-order chi connectivity index (χ0) is 16.9. The fraction of sp³-hybridized carbons (Fsp3) is 0.889. The Morgan fingerprint density at radius 3 is 2.36 bits per heavy atom. The van der Waals surface area contributed by atoms with Gasteiger partial charge in [0.15, 0.2) is 5.96 Å². The molecule has 0 bridgehead atoms. The van der Waals surface area contributed by atoms with Gasteiger partial charge >= 0.3 is 0 Å². The van der Waals surface area contributed by atoms with Gasteiger partial charge in [-0.25, -0.2) is 0 Å². The molecule has 0 aromatic carbocycles. The lowest BCUT2D eigenvalue weighted by Crippen LogP contribution is -2.52. The van der Waals surface area contributed by atoms with Gasteiger partial charge in [0.25, 0.3) is 0 Å². The number of aliphatic imine (C=N–C) groups is 1. The van der Waals surface area contributed by atoms with E-state index < -0.39 is 0 Å². The molecule has 144 valence electrons. The molecule has 0 radical (unpaired) electrons. The monoisotopic (exact) mass is 463 g/mol. The van der Waals surface area contributed by atoms with Crippen LogP contribution in [0.4, 0.5) is 0 Å². The van der Waals surface area contributed by atoms with Crippen molar-refractivity contribution in [1.29, 1.82) is 0 Å².